The predicted octanol–water partition coefficient (Wildman–Crippen LogP) is 5.40. The normalized spacial score (nSPS) is 31.8. The van der Waals surface area contributed by atoms with Gasteiger partial charge in [-0.1, -0.05) is 32.6 Å². The van der Waals surface area contributed by atoms with Gasteiger partial charge in [-0.25, -0.2) is 0 Å². The van der Waals surface area contributed by atoms with Gasteiger partial charge in [0.25, 0.3) is 0 Å². The van der Waals surface area contributed by atoms with Crippen LogP contribution in [0.2, 0.25) is 0 Å². The molecule has 4 atom stereocenters. The van der Waals surface area contributed by atoms with E-state index in [0.717, 1.165) is 24.3 Å². The van der Waals surface area contributed by atoms with Gasteiger partial charge in [0.05, 0.1) is 0 Å². The van der Waals surface area contributed by atoms with Gasteiger partial charge in [-0.15, -0.1) is 0 Å². The first kappa shape index (κ1) is 14.6. The molecule has 112 valence electrons. The summed E-state index contributed by atoms with van der Waals surface area (Å²) in [7, 11) is 0. The van der Waals surface area contributed by atoms with Crippen molar-refractivity contribution >= 4 is 11.3 Å². The number of nitrogens with one attached hydrogen (secondary N) is 1. The third kappa shape index (κ3) is 3.28. The lowest BCUT2D eigenvalue weighted by Crippen LogP contribution is -2.35. The van der Waals surface area contributed by atoms with Crippen molar-refractivity contribution in [3.05, 3.63) is 22.4 Å². The molecule has 0 amide bonds. The Bertz CT molecular complexity index is 386. The molecule has 2 aliphatic rings. The number of rotatable bonds is 5. The molecule has 0 radical (unpaired) electrons. The highest BCUT2D eigenvalue weighted by Gasteiger charge is 2.35. The van der Waals surface area contributed by atoms with Crippen LogP contribution in [0.15, 0.2) is 16.8 Å². The highest BCUT2D eigenvalue weighted by molar-refractivity contribution is 7.07. The Balaban J connectivity index is 1.67. The number of fused-ring (bicyclic) bond motifs is 1. The van der Waals surface area contributed by atoms with Crippen LogP contribution in [-0.4, -0.2) is 6.54 Å². The first-order valence-corrected chi connectivity index (χ1v) is 9.58. The SMILES string of the molecule is CCCNC(c1ccsc1)C1CCC2CCCCC2C1. The molecule has 0 saturated heterocycles. The van der Waals surface area contributed by atoms with Crippen LogP contribution >= 0.6 is 11.3 Å². The summed E-state index contributed by atoms with van der Waals surface area (Å²) in [5.74, 6) is 2.97. The molecule has 1 aromatic rings. The van der Waals surface area contributed by atoms with Gasteiger partial charge >= 0.3 is 0 Å². The fourth-order valence-electron chi connectivity index (χ4n) is 4.52. The van der Waals surface area contributed by atoms with Crippen molar-refractivity contribution in [3.63, 3.8) is 0 Å². The minimum atomic E-state index is 0.615. The molecule has 3 rings (SSSR count). The Kier molecular flexibility index (Phi) is 5.17. The van der Waals surface area contributed by atoms with Crippen molar-refractivity contribution in [1.29, 1.82) is 0 Å². The van der Waals surface area contributed by atoms with Gasteiger partial charge in [0.1, 0.15) is 0 Å². The molecule has 0 aliphatic heterocycles. The smallest absolute Gasteiger partial charge is 0.0357 e. The molecule has 1 aromatic heterocycles. The van der Waals surface area contributed by atoms with Crippen molar-refractivity contribution in [2.75, 3.05) is 6.54 Å². The van der Waals surface area contributed by atoms with E-state index in [-0.39, 0.29) is 0 Å². The van der Waals surface area contributed by atoms with Crippen molar-refractivity contribution in [3.8, 4) is 0 Å². The minimum Gasteiger partial charge on any atom is -0.310 e. The van der Waals surface area contributed by atoms with Crippen molar-refractivity contribution in [2.45, 2.75) is 64.3 Å². The lowest BCUT2D eigenvalue weighted by atomic mass is 9.65. The summed E-state index contributed by atoms with van der Waals surface area (Å²) in [5.41, 5.74) is 1.54. The highest BCUT2D eigenvalue weighted by Crippen LogP contribution is 2.46. The molecule has 0 aromatic carbocycles. The molecule has 2 heteroatoms. The van der Waals surface area contributed by atoms with E-state index in [4.69, 9.17) is 0 Å². The van der Waals surface area contributed by atoms with E-state index in [1.807, 2.05) is 11.3 Å². The largest absolute Gasteiger partial charge is 0.310 e. The number of hydrogen-bond donors (Lipinski definition) is 1. The first-order valence-electron chi connectivity index (χ1n) is 8.64. The fourth-order valence-corrected chi connectivity index (χ4v) is 5.22. The van der Waals surface area contributed by atoms with Crippen LogP contribution in [0.4, 0.5) is 0 Å². The second kappa shape index (κ2) is 7.09. The van der Waals surface area contributed by atoms with E-state index >= 15 is 0 Å². The highest BCUT2D eigenvalue weighted by atomic mass is 32.1. The van der Waals surface area contributed by atoms with E-state index < -0.39 is 0 Å². The van der Waals surface area contributed by atoms with Crippen LogP contribution in [0.5, 0.6) is 0 Å². The maximum Gasteiger partial charge on any atom is 0.0357 e. The standard InChI is InChI=1S/C18H29NS/c1-2-10-19-18(17-9-11-20-13-17)16-8-7-14-5-3-4-6-15(14)12-16/h9,11,13-16,18-19H,2-8,10,12H2,1H3. The van der Waals surface area contributed by atoms with E-state index in [1.54, 1.807) is 5.56 Å². The molecule has 2 fully saturated rings. The van der Waals surface area contributed by atoms with E-state index in [2.05, 4.69) is 29.1 Å². The van der Waals surface area contributed by atoms with Gasteiger partial charge in [0.15, 0.2) is 0 Å². The van der Waals surface area contributed by atoms with Crippen LogP contribution in [0, 0.1) is 17.8 Å². The third-order valence-corrected chi connectivity index (χ3v) is 6.27. The summed E-state index contributed by atoms with van der Waals surface area (Å²) in [4.78, 5) is 0. The fraction of sp³-hybridized carbons (Fsp3) is 0.778. The van der Waals surface area contributed by atoms with E-state index in [1.165, 1.54) is 51.4 Å². The molecule has 0 spiro atoms. The molecule has 1 heterocycles. The van der Waals surface area contributed by atoms with Gasteiger partial charge in [-0.2, -0.15) is 11.3 Å². The summed E-state index contributed by atoms with van der Waals surface area (Å²) in [6.45, 7) is 3.43. The molecule has 20 heavy (non-hydrogen) atoms. The minimum absolute atomic E-state index is 0.615. The summed E-state index contributed by atoms with van der Waals surface area (Å²) in [6, 6.07) is 2.95. The Hall–Kier alpha value is -0.340. The number of hydrogen-bond acceptors (Lipinski definition) is 2. The summed E-state index contributed by atoms with van der Waals surface area (Å²) in [5, 5.41) is 8.44. The molecule has 2 saturated carbocycles. The molecule has 1 nitrogen and oxygen atoms in total. The van der Waals surface area contributed by atoms with Crippen LogP contribution < -0.4 is 5.32 Å². The third-order valence-electron chi connectivity index (χ3n) is 5.57. The average Bonchev–Trinajstić information content (AvgIpc) is 3.02. The lowest BCUT2D eigenvalue weighted by molar-refractivity contribution is 0.109. The van der Waals surface area contributed by atoms with Gasteiger partial charge in [-0.3, -0.25) is 0 Å². The van der Waals surface area contributed by atoms with Crippen LogP contribution in [0.1, 0.15) is 69.9 Å². The first-order chi connectivity index (χ1) is 9.88. The van der Waals surface area contributed by atoms with Crippen LogP contribution in [0.3, 0.4) is 0 Å². The van der Waals surface area contributed by atoms with Crippen molar-refractivity contribution in [2.24, 2.45) is 17.8 Å². The Labute approximate surface area is 128 Å². The van der Waals surface area contributed by atoms with Crippen LogP contribution in [0.25, 0.3) is 0 Å². The van der Waals surface area contributed by atoms with Gasteiger partial charge in [0, 0.05) is 6.04 Å². The Morgan fingerprint density at radius 3 is 2.80 bits per heavy atom. The van der Waals surface area contributed by atoms with E-state index in [0.29, 0.717) is 6.04 Å². The zero-order valence-electron chi connectivity index (χ0n) is 12.8. The predicted molar refractivity (Wildman–Crippen MR) is 88.1 cm³/mol. The van der Waals surface area contributed by atoms with Gasteiger partial charge in [-0.05, 0) is 72.4 Å². The molecule has 2 aliphatic carbocycles. The van der Waals surface area contributed by atoms with Crippen LogP contribution in [-0.2, 0) is 0 Å². The topological polar surface area (TPSA) is 12.0 Å². The van der Waals surface area contributed by atoms with Crippen molar-refractivity contribution in [1.82, 2.24) is 5.32 Å². The second-order valence-corrected chi connectivity index (χ2v) is 7.65. The molecule has 4 unspecified atom stereocenters. The molecular formula is C18H29NS. The van der Waals surface area contributed by atoms with Gasteiger partial charge in [0.2, 0.25) is 0 Å². The second-order valence-electron chi connectivity index (χ2n) is 6.87. The molecular weight excluding hydrogens is 262 g/mol. The zero-order chi connectivity index (χ0) is 13.8. The summed E-state index contributed by atoms with van der Waals surface area (Å²) in [6.07, 6.45) is 11.6. The van der Waals surface area contributed by atoms with Crippen molar-refractivity contribution < 1.29 is 0 Å². The number of thiophene rings is 1. The molecule has 1 N–H and O–H groups in total. The zero-order valence-corrected chi connectivity index (χ0v) is 13.6. The maximum absolute atomic E-state index is 3.84. The van der Waals surface area contributed by atoms with E-state index in [9.17, 15) is 0 Å². The van der Waals surface area contributed by atoms with Gasteiger partial charge < -0.3 is 5.32 Å². The Morgan fingerprint density at radius 1 is 1.20 bits per heavy atom. The summed E-state index contributed by atoms with van der Waals surface area (Å²) < 4.78 is 0. The molecule has 0 bridgehead atoms. The average molecular weight is 292 g/mol. The Morgan fingerprint density at radius 2 is 2.05 bits per heavy atom. The maximum atomic E-state index is 3.84. The monoisotopic (exact) mass is 291 g/mol. The lowest BCUT2D eigenvalue weighted by Gasteiger charge is -2.42. The summed E-state index contributed by atoms with van der Waals surface area (Å²) >= 11 is 1.85. The quantitative estimate of drug-likeness (QED) is 0.766.